The first kappa shape index (κ1) is 12.0. The molecule has 0 aliphatic rings. The fourth-order valence-corrected chi connectivity index (χ4v) is 2.12. The Bertz CT molecular complexity index is 523. The zero-order chi connectivity index (χ0) is 12.3. The van der Waals surface area contributed by atoms with Crippen LogP contribution < -0.4 is 11.1 Å². The molecule has 0 aliphatic heterocycles. The van der Waals surface area contributed by atoms with E-state index in [4.69, 9.17) is 5.73 Å². The molecule has 0 saturated carbocycles. The van der Waals surface area contributed by atoms with E-state index in [1.54, 1.807) is 0 Å². The number of aryl methyl sites for hydroxylation is 1. The molecule has 88 valence electrons. The van der Waals surface area contributed by atoms with Gasteiger partial charge in [0.2, 0.25) is 0 Å². The van der Waals surface area contributed by atoms with Crippen LogP contribution in [-0.2, 0) is 6.42 Å². The lowest BCUT2D eigenvalue weighted by atomic mass is 10.1. The number of rotatable bonds is 3. The van der Waals surface area contributed by atoms with Gasteiger partial charge in [0.05, 0.1) is 11.4 Å². The van der Waals surface area contributed by atoms with E-state index in [1.165, 1.54) is 5.56 Å². The zero-order valence-electron chi connectivity index (χ0n) is 9.70. The van der Waals surface area contributed by atoms with Crippen molar-refractivity contribution in [2.75, 3.05) is 11.1 Å². The Morgan fingerprint density at radius 2 is 1.88 bits per heavy atom. The molecule has 0 amide bonds. The third kappa shape index (κ3) is 2.80. The minimum absolute atomic E-state index is 0.741. The van der Waals surface area contributed by atoms with Crippen LogP contribution in [0.25, 0.3) is 0 Å². The van der Waals surface area contributed by atoms with Gasteiger partial charge in [0, 0.05) is 10.2 Å². The average Bonchev–Trinajstić information content (AvgIpc) is 2.33. The van der Waals surface area contributed by atoms with Crippen molar-refractivity contribution in [1.82, 2.24) is 0 Å². The van der Waals surface area contributed by atoms with Gasteiger partial charge in [-0.1, -0.05) is 41.1 Å². The fraction of sp³-hybridized carbons (Fsp3) is 0.143. The molecule has 0 saturated heterocycles. The van der Waals surface area contributed by atoms with Gasteiger partial charge in [0.1, 0.15) is 0 Å². The molecule has 0 bridgehead atoms. The Labute approximate surface area is 110 Å². The first-order chi connectivity index (χ1) is 8.20. The SMILES string of the molecule is CCc1ccccc1Nc1ccc(Br)cc1N. The van der Waals surface area contributed by atoms with Gasteiger partial charge in [0.25, 0.3) is 0 Å². The zero-order valence-corrected chi connectivity index (χ0v) is 11.3. The summed E-state index contributed by atoms with van der Waals surface area (Å²) in [5.74, 6) is 0. The lowest BCUT2D eigenvalue weighted by Gasteiger charge is -2.12. The molecular formula is C14H15BrN2. The maximum absolute atomic E-state index is 5.97. The van der Waals surface area contributed by atoms with Gasteiger partial charge in [-0.2, -0.15) is 0 Å². The predicted octanol–water partition coefficient (Wildman–Crippen LogP) is 4.34. The topological polar surface area (TPSA) is 38.0 Å². The number of para-hydroxylation sites is 1. The summed E-state index contributed by atoms with van der Waals surface area (Å²) < 4.78 is 0.990. The fourth-order valence-electron chi connectivity index (χ4n) is 1.74. The number of benzene rings is 2. The van der Waals surface area contributed by atoms with Crippen LogP contribution in [0.4, 0.5) is 17.1 Å². The van der Waals surface area contributed by atoms with Crippen molar-refractivity contribution in [2.45, 2.75) is 13.3 Å². The summed E-state index contributed by atoms with van der Waals surface area (Å²) in [7, 11) is 0. The molecule has 3 N–H and O–H groups in total. The smallest absolute Gasteiger partial charge is 0.0618 e. The van der Waals surface area contributed by atoms with E-state index in [0.717, 1.165) is 28.0 Å². The van der Waals surface area contributed by atoms with E-state index < -0.39 is 0 Å². The molecule has 3 heteroatoms. The van der Waals surface area contributed by atoms with Crippen molar-refractivity contribution in [3.05, 3.63) is 52.5 Å². The van der Waals surface area contributed by atoms with Crippen LogP contribution in [0.5, 0.6) is 0 Å². The second-order valence-corrected chi connectivity index (χ2v) is 4.78. The molecule has 17 heavy (non-hydrogen) atoms. The van der Waals surface area contributed by atoms with Crippen LogP contribution in [-0.4, -0.2) is 0 Å². The number of nitrogen functional groups attached to an aromatic ring is 1. The predicted molar refractivity (Wildman–Crippen MR) is 77.7 cm³/mol. The quantitative estimate of drug-likeness (QED) is 0.826. The molecule has 0 radical (unpaired) electrons. The van der Waals surface area contributed by atoms with Gasteiger partial charge in [-0.3, -0.25) is 0 Å². The van der Waals surface area contributed by atoms with Gasteiger partial charge < -0.3 is 11.1 Å². The van der Waals surface area contributed by atoms with E-state index in [0.29, 0.717) is 0 Å². The molecular weight excluding hydrogens is 276 g/mol. The summed E-state index contributed by atoms with van der Waals surface area (Å²) >= 11 is 3.40. The number of halogens is 1. The number of hydrogen-bond acceptors (Lipinski definition) is 2. The summed E-state index contributed by atoms with van der Waals surface area (Å²) in [6, 6.07) is 14.1. The molecule has 2 aromatic carbocycles. The van der Waals surface area contributed by atoms with Crippen LogP contribution in [0.15, 0.2) is 46.9 Å². The lowest BCUT2D eigenvalue weighted by molar-refractivity contribution is 1.14. The van der Waals surface area contributed by atoms with E-state index in [1.807, 2.05) is 24.3 Å². The normalized spacial score (nSPS) is 10.2. The van der Waals surface area contributed by atoms with Crippen molar-refractivity contribution in [3.63, 3.8) is 0 Å². The van der Waals surface area contributed by atoms with Crippen LogP contribution in [0.1, 0.15) is 12.5 Å². The van der Waals surface area contributed by atoms with Crippen molar-refractivity contribution < 1.29 is 0 Å². The third-order valence-corrected chi connectivity index (χ3v) is 3.17. The van der Waals surface area contributed by atoms with Gasteiger partial charge in [-0.05, 0) is 36.2 Å². The number of hydrogen-bond donors (Lipinski definition) is 2. The maximum Gasteiger partial charge on any atom is 0.0618 e. The summed E-state index contributed by atoms with van der Waals surface area (Å²) in [6.07, 6.45) is 1.000. The van der Waals surface area contributed by atoms with Gasteiger partial charge in [-0.15, -0.1) is 0 Å². The largest absolute Gasteiger partial charge is 0.397 e. The highest BCUT2D eigenvalue weighted by Crippen LogP contribution is 2.28. The van der Waals surface area contributed by atoms with E-state index in [-0.39, 0.29) is 0 Å². The molecule has 0 heterocycles. The Balaban J connectivity index is 2.31. The summed E-state index contributed by atoms with van der Waals surface area (Å²) in [5.41, 5.74) is 10.0. The molecule has 2 rings (SSSR count). The standard InChI is InChI=1S/C14H15BrN2/c1-2-10-5-3-4-6-13(10)17-14-8-7-11(15)9-12(14)16/h3-9,17H,2,16H2,1H3. The summed E-state index contributed by atoms with van der Waals surface area (Å²) in [5, 5.41) is 3.37. The first-order valence-electron chi connectivity index (χ1n) is 5.60. The highest BCUT2D eigenvalue weighted by atomic mass is 79.9. The van der Waals surface area contributed by atoms with Crippen LogP contribution in [0, 0.1) is 0 Å². The Kier molecular flexibility index (Phi) is 3.69. The molecule has 2 nitrogen and oxygen atoms in total. The van der Waals surface area contributed by atoms with Gasteiger partial charge in [0.15, 0.2) is 0 Å². The molecule has 2 aromatic rings. The second-order valence-electron chi connectivity index (χ2n) is 3.87. The van der Waals surface area contributed by atoms with Gasteiger partial charge in [-0.25, -0.2) is 0 Å². The molecule has 0 unspecified atom stereocenters. The number of nitrogens with one attached hydrogen (secondary N) is 1. The molecule has 0 atom stereocenters. The molecule has 0 aromatic heterocycles. The number of anilines is 3. The third-order valence-electron chi connectivity index (χ3n) is 2.68. The van der Waals surface area contributed by atoms with Crippen molar-refractivity contribution in [1.29, 1.82) is 0 Å². The van der Waals surface area contributed by atoms with Gasteiger partial charge >= 0.3 is 0 Å². The van der Waals surface area contributed by atoms with Crippen molar-refractivity contribution in [3.8, 4) is 0 Å². The Morgan fingerprint density at radius 3 is 2.59 bits per heavy atom. The highest BCUT2D eigenvalue weighted by molar-refractivity contribution is 9.10. The lowest BCUT2D eigenvalue weighted by Crippen LogP contribution is -1.98. The number of nitrogens with two attached hydrogens (primary N) is 1. The van der Waals surface area contributed by atoms with E-state index >= 15 is 0 Å². The van der Waals surface area contributed by atoms with E-state index in [9.17, 15) is 0 Å². The Morgan fingerprint density at radius 1 is 1.12 bits per heavy atom. The second kappa shape index (κ2) is 5.23. The van der Waals surface area contributed by atoms with Crippen LogP contribution >= 0.6 is 15.9 Å². The average molecular weight is 291 g/mol. The van der Waals surface area contributed by atoms with Crippen LogP contribution in [0.2, 0.25) is 0 Å². The highest BCUT2D eigenvalue weighted by Gasteiger charge is 2.03. The van der Waals surface area contributed by atoms with Crippen molar-refractivity contribution in [2.24, 2.45) is 0 Å². The molecule has 0 aliphatic carbocycles. The summed E-state index contributed by atoms with van der Waals surface area (Å²) in [4.78, 5) is 0. The van der Waals surface area contributed by atoms with E-state index in [2.05, 4.69) is 46.4 Å². The minimum atomic E-state index is 0.741. The Hall–Kier alpha value is -1.48. The monoisotopic (exact) mass is 290 g/mol. The molecule has 0 spiro atoms. The molecule has 0 fully saturated rings. The first-order valence-corrected chi connectivity index (χ1v) is 6.40. The van der Waals surface area contributed by atoms with Crippen LogP contribution in [0.3, 0.4) is 0 Å². The minimum Gasteiger partial charge on any atom is -0.397 e. The maximum atomic E-state index is 5.97. The summed E-state index contributed by atoms with van der Waals surface area (Å²) in [6.45, 7) is 2.14. The van der Waals surface area contributed by atoms with Crippen molar-refractivity contribution >= 4 is 33.0 Å².